The second-order valence-corrected chi connectivity index (χ2v) is 8.20. The Bertz CT molecular complexity index is 1250. The van der Waals surface area contributed by atoms with Gasteiger partial charge in [-0.1, -0.05) is 23.7 Å². The number of hydrogen-bond acceptors (Lipinski definition) is 8. The van der Waals surface area contributed by atoms with E-state index in [9.17, 15) is 0 Å². The highest BCUT2D eigenvalue weighted by Gasteiger charge is 2.16. The summed E-state index contributed by atoms with van der Waals surface area (Å²) in [4.78, 5) is 13.1. The van der Waals surface area contributed by atoms with Gasteiger partial charge in [-0.2, -0.15) is 0 Å². The second kappa shape index (κ2) is 10.6. The molecular formula is C25H24ClN5O3. The normalized spacial score (nSPS) is 15.7. The van der Waals surface area contributed by atoms with E-state index in [4.69, 9.17) is 25.8 Å². The minimum absolute atomic E-state index is 0.141. The third kappa shape index (κ3) is 5.36. The molecule has 9 heteroatoms. The van der Waals surface area contributed by atoms with Crippen molar-refractivity contribution in [1.82, 2.24) is 20.3 Å². The number of ether oxygens (including phenoxy) is 3. The summed E-state index contributed by atoms with van der Waals surface area (Å²) in [5, 5.41) is 8.02. The van der Waals surface area contributed by atoms with Gasteiger partial charge in [0.05, 0.1) is 40.9 Å². The summed E-state index contributed by atoms with van der Waals surface area (Å²) >= 11 is 6.49. The monoisotopic (exact) mass is 477 g/mol. The van der Waals surface area contributed by atoms with Gasteiger partial charge in [0, 0.05) is 18.4 Å². The van der Waals surface area contributed by atoms with E-state index in [2.05, 4.69) is 25.6 Å². The number of fused-ring (bicyclic) bond motifs is 1. The van der Waals surface area contributed by atoms with Crippen LogP contribution in [-0.4, -0.2) is 47.4 Å². The van der Waals surface area contributed by atoms with Gasteiger partial charge in [0.1, 0.15) is 36.9 Å². The van der Waals surface area contributed by atoms with Gasteiger partial charge in [-0.25, -0.2) is 9.97 Å². The van der Waals surface area contributed by atoms with Crippen LogP contribution in [0.25, 0.3) is 10.9 Å². The summed E-state index contributed by atoms with van der Waals surface area (Å²) in [6.07, 6.45) is 3.26. The van der Waals surface area contributed by atoms with Crippen molar-refractivity contribution in [2.24, 2.45) is 0 Å². The van der Waals surface area contributed by atoms with Crippen LogP contribution in [-0.2, 0) is 11.3 Å². The molecule has 5 rings (SSSR count). The van der Waals surface area contributed by atoms with E-state index >= 15 is 0 Å². The molecule has 1 aliphatic heterocycles. The average Bonchev–Trinajstić information content (AvgIpc) is 2.88. The highest BCUT2D eigenvalue weighted by atomic mass is 35.5. The molecule has 0 unspecified atom stereocenters. The lowest BCUT2D eigenvalue weighted by Gasteiger charge is -2.24. The summed E-state index contributed by atoms with van der Waals surface area (Å²) in [6, 6.07) is 17.1. The zero-order chi connectivity index (χ0) is 23.2. The Hall–Kier alpha value is -3.46. The number of nitrogens with zero attached hydrogens (tertiary/aromatic N) is 3. The summed E-state index contributed by atoms with van der Waals surface area (Å²) in [6.45, 7) is 3.00. The maximum Gasteiger partial charge on any atom is 0.145 e. The van der Waals surface area contributed by atoms with Crippen molar-refractivity contribution in [3.8, 4) is 11.5 Å². The van der Waals surface area contributed by atoms with Crippen LogP contribution >= 0.6 is 11.6 Å². The number of aromatic nitrogens is 3. The van der Waals surface area contributed by atoms with E-state index in [0.717, 1.165) is 35.4 Å². The Balaban J connectivity index is 1.33. The predicted molar refractivity (Wildman–Crippen MR) is 131 cm³/mol. The molecule has 0 saturated carbocycles. The molecule has 0 radical (unpaired) electrons. The second-order valence-electron chi connectivity index (χ2n) is 7.79. The summed E-state index contributed by atoms with van der Waals surface area (Å²) in [5.74, 6) is 1.91. The van der Waals surface area contributed by atoms with Crippen molar-refractivity contribution in [3.05, 3.63) is 77.8 Å². The first-order chi connectivity index (χ1) is 16.8. The fraction of sp³-hybridized carbons (Fsp3) is 0.240. The molecule has 1 fully saturated rings. The van der Waals surface area contributed by atoms with Crippen LogP contribution in [0.1, 0.15) is 5.69 Å². The molecule has 1 aliphatic rings. The van der Waals surface area contributed by atoms with Crippen molar-refractivity contribution in [3.63, 3.8) is 0 Å². The smallest absolute Gasteiger partial charge is 0.145 e. The fourth-order valence-corrected chi connectivity index (χ4v) is 3.91. The number of benzene rings is 2. The highest BCUT2D eigenvalue weighted by molar-refractivity contribution is 6.32. The van der Waals surface area contributed by atoms with E-state index < -0.39 is 0 Å². The SMILES string of the molecule is Clc1cc(Nc2ncnc3cccc(OC[C@H]4COCCN4)c23)ccc1OCc1ccccn1. The van der Waals surface area contributed by atoms with E-state index in [-0.39, 0.29) is 6.04 Å². The zero-order valence-electron chi connectivity index (χ0n) is 18.4. The van der Waals surface area contributed by atoms with Gasteiger partial charge in [-0.05, 0) is 42.5 Å². The first kappa shape index (κ1) is 22.3. The minimum Gasteiger partial charge on any atom is -0.491 e. The van der Waals surface area contributed by atoms with Gasteiger partial charge in [0.25, 0.3) is 0 Å². The van der Waals surface area contributed by atoms with Crippen LogP contribution in [0.15, 0.2) is 67.1 Å². The molecule has 0 bridgehead atoms. The van der Waals surface area contributed by atoms with Crippen LogP contribution in [0.2, 0.25) is 5.02 Å². The average molecular weight is 478 g/mol. The molecule has 0 spiro atoms. The van der Waals surface area contributed by atoms with Crippen molar-refractivity contribution in [2.45, 2.75) is 12.6 Å². The van der Waals surface area contributed by atoms with Crippen LogP contribution in [0.5, 0.6) is 11.5 Å². The molecule has 2 N–H and O–H groups in total. The Morgan fingerprint density at radius 3 is 2.82 bits per heavy atom. The predicted octanol–water partition coefficient (Wildman–Crippen LogP) is 4.37. The van der Waals surface area contributed by atoms with Gasteiger partial charge in [0.15, 0.2) is 0 Å². The quantitative estimate of drug-likeness (QED) is 0.386. The molecule has 0 aliphatic carbocycles. The molecule has 1 saturated heterocycles. The van der Waals surface area contributed by atoms with Crippen molar-refractivity contribution in [1.29, 1.82) is 0 Å². The molecule has 0 amide bonds. The Morgan fingerprint density at radius 1 is 1.03 bits per heavy atom. The topological polar surface area (TPSA) is 90.4 Å². The molecule has 2 aromatic heterocycles. The molecule has 2 aromatic carbocycles. The van der Waals surface area contributed by atoms with Gasteiger partial charge in [-0.3, -0.25) is 4.98 Å². The lowest BCUT2D eigenvalue weighted by Crippen LogP contribution is -2.44. The maximum atomic E-state index is 6.49. The number of morpholine rings is 1. The molecule has 8 nitrogen and oxygen atoms in total. The van der Waals surface area contributed by atoms with Crippen LogP contribution < -0.4 is 20.1 Å². The van der Waals surface area contributed by atoms with Crippen molar-refractivity contribution >= 4 is 34.0 Å². The largest absolute Gasteiger partial charge is 0.491 e. The molecule has 4 aromatic rings. The fourth-order valence-electron chi connectivity index (χ4n) is 3.68. The van der Waals surface area contributed by atoms with E-state index in [0.29, 0.717) is 42.2 Å². The number of anilines is 2. The molecule has 174 valence electrons. The Kier molecular flexibility index (Phi) is 6.99. The maximum absolute atomic E-state index is 6.49. The van der Waals surface area contributed by atoms with Gasteiger partial charge < -0.3 is 24.8 Å². The van der Waals surface area contributed by atoms with E-state index in [1.54, 1.807) is 12.3 Å². The lowest BCUT2D eigenvalue weighted by atomic mass is 10.2. The highest BCUT2D eigenvalue weighted by Crippen LogP contribution is 2.34. The van der Waals surface area contributed by atoms with Crippen molar-refractivity contribution < 1.29 is 14.2 Å². The first-order valence-corrected chi connectivity index (χ1v) is 11.4. The van der Waals surface area contributed by atoms with Crippen LogP contribution in [0.4, 0.5) is 11.5 Å². The first-order valence-electron chi connectivity index (χ1n) is 11.0. The Labute approximate surface area is 202 Å². The number of pyridine rings is 1. The molecular weight excluding hydrogens is 454 g/mol. The summed E-state index contributed by atoms with van der Waals surface area (Å²) in [5.41, 5.74) is 2.38. The number of nitrogens with one attached hydrogen (secondary N) is 2. The summed E-state index contributed by atoms with van der Waals surface area (Å²) in [7, 11) is 0. The molecule has 1 atom stereocenters. The van der Waals surface area contributed by atoms with Gasteiger partial charge in [-0.15, -0.1) is 0 Å². The van der Waals surface area contributed by atoms with Crippen LogP contribution in [0, 0.1) is 0 Å². The van der Waals surface area contributed by atoms with Crippen molar-refractivity contribution in [2.75, 3.05) is 31.7 Å². The number of rotatable bonds is 8. The summed E-state index contributed by atoms with van der Waals surface area (Å²) < 4.78 is 17.5. The number of hydrogen-bond donors (Lipinski definition) is 2. The number of halogens is 1. The standard InChI is InChI=1S/C25H24ClN5O3/c26-20-12-17(7-8-22(20)33-14-18-4-1-2-9-27-18)31-25-24-21(29-16-30-25)5-3-6-23(24)34-15-19-13-32-11-10-28-19/h1-9,12,16,19,28H,10-11,13-15H2,(H,29,30,31)/t19-/m1/s1. The van der Waals surface area contributed by atoms with Crippen LogP contribution in [0.3, 0.4) is 0 Å². The minimum atomic E-state index is 0.141. The zero-order valence-corrected chi connectivity index (χ0v) is 19.2. The third-order valence-corrected chi connectivity index (χ3v) is 5.65. The van der Waals surface area contributed by atoms with Gasteiger partial charge >= 0.3 is 0 Å². The molecule has 34 heavy (non-hydrogen) atoms. The molecule has 3 heterocycles. The van der Waals surface area contributed by atoms with Gasteiger partial charge in [0.2, 0.25) is 0 Å². The lowest BCUT2D eigenvalue weighted by molar-refractivity contribution is 0.0595. The van der Waals surface area contributed by atoms with E-state index in [1.165, 1.54) is 6.33 Å². The Morgan fingerprint density at radius 2 is 2.00 bits per heavy atom. The third-order valence-electron chi connectivity index (χ3n) is 5.36. The van der Waals surface area contributed by atoms with E-state index in [1.807, 2.05) is 48.5 Å².